The van der Waals surface area contributed by atoms with E-state index >= 15 is 0 Å². The van der Waals surface area contributed by atoms with Crippen molar-refractivity contribution in [2.75, 3.05) is 26.2 Å². The van der Waals surface area contributed by atoms with Crippen LogP contribution >= 0.6 is 0 Å². The zero-order valence-corrected chi connectivity index (χ0v) is 12.9. The largest absolute Gasteiger partial charge is 0.437 e. The standard InChI is InChI=1S/C17H20FN3O2/c18-14-3-5-15(6-4-14)23-17-16(19-7-8-20-17)13-2-1-9-21(12-13)10-11-22/h3-8,13,22H,1-2,9-12H2/t13-/m0/s1. The van der Waals surface area contributed by atoms with E-state index in [1.807, 2.05) is 0 Å². The van der Waals surface area contributed by atoms with Crippen molar-refractivity contribution in [1.82, 2.24) is 14.9 Å². The topological polar surface area (TPSA) is 58.5 Å². The van der Waals surface area contributed by atoms with Crippen molar-refractivity contribution in [1.29, 1.82) is 0 Å². The van der Waals surface area contributed by atoms with Crippen LogP contribution in [0.25, 0.3) is 0 Å². The first kappa shape index (κ1) is 15.8. The maximum absolute atomic E-state index is 13.0. The van der Waals surface area contributed by atoms with E-state index in [1.165, 1.54) is 12.1 Å². The third-order valence-corrected chi connectivity index (χ3v) is 4.03. The molecule has 1 N–H and O–H groups in total. The van der Waals surface area contributed by atoms with Gasteiger partial charge in [0.05, 0.1) is 6.61 Å². The first-order chi connectivity index (χ1) is 11.3. The van der Waals surface area contributed by atoms with Crippen molar-refractivity contribution >= 4 is 0 Å². The zero-order valence-electron chi connectivity index (χ0n) is 12.9. The number of aliphatic hydroxyl groups is 1. The van der Waals surface area contributed by atoms with Gasteiger partial charge in [0.15, 0.2) is 0 Å². The van der Waals surface area contributed by atoms with Gasteiger partial charge in [-0.25, -0.2) is 9.37 Å². The Kier molecular flexibility index (Phi) is 5.15. The fraction of sp³-hybridized carbons (Fsp3) is 0.412. The van der Waals surface area contributed by atoms with Crippen molar-refractivity contribution in [3.63, 3.8) is 0 Å². The Morgan fingerprint density at radius 2 is 2.00 bits per heavy atom. The molecule has 0 amide bonds. The molecule has 2 heterocycles. The maximum atomic E-state index is 13.0. The van der Waals surface area contributed by atoms with E-state index in [2.05, 4.69) is 14.9 Å². The van der Waals surface area contributed by atoms with Crippen LogP contribution in [0.5, 0.6) is 11.6 Å². The molecule has 0 radical (unpaired) electrons. The Balaban J connectivity index is 1.78. The van der Waals surface area contributed by atoms with Crippen molar-refractivity contribution in [3.8, 4) is 11.6 Å². The zero-order chi connectivity index (χ0) is 16.1. The molecule has 1 aliphatic heterocycles. The highest BCUT2D eigenvalue weighted by Gasteiger charge is 2.25. The van der Waals surface area contributed by atoms with Crippen LogP contribution in [0.2, 0.25) is 0 Å². The minimum absolute atomic E-state index is 0.159. The smallest absolute Gasteiger partial charge is 0.241 e. The summed E-state index contributed by atoms with van der Waals surface area (Å²) in [4.78, 5) is 11.0. The average molecular weight is 317 g/mol. The van der Waals surface area contributed by atoms with Gasteiger partial charge in [-0.1, -0.05) is 0 Å². The van der Waals surface area contributed by atoms with Crippen molar-refractivity contribution in [2.24, 2.45) is 0 Å². The van der Waals surface area contributed by atoms with Crippen LogP contribution in [0, 0.1) is 5.82 Å². The van der Waals surface area contributed by atoms with Crippen LogP contribution < -0.4 is 4.74 Å². The van der Waals surface area contributed by atoms with Gasteiger partial charge >= 0.3 is 0 Å². The molecule has 0 saturated carbocycles. The number of aliphatic hydroxyl groups excluding tert-OH is 1. The van der Waals surface area contributed by atoms with E-state index in [-0.39, 0.29) is 18.3 Å². The van der Waals surface area contributed by atoms with Gasteiger partial charge in [0, 0.05) is 31.4 Å². The fourth-order valence-corrected chi connectivity index (χ4v) is 2.93. The van der Waals surface area contributed by atoms with Crippen LogP contribution in [0.1, 0.15) is 24.5 Å². The molecule has 1 atom stereocenters. The Bertz CT molecular complexity index is 634. The van der Waals surface area contributed by atoms with Gasteiger partial charge in [0.2, 0.25) is 5.88 Å². The summed E-state index contributed by atoms with van der Waals surface area (Å²) >= 11 is 0. The van der Waals surface area contributed by atoms with Gasteiger partial charge in [0.25, 0.3) is 0 Å². The summed E-state index contributed by atoms with van der Waals surface area (Å²) in [6.07, 6.45) is 5.33. The molecule has 5 nitrogen and oxygen atoms in total. The number of aromatic nitrogens is 2. The summed E-state index contributed by atoms with van der Waals surface area (Å²) in [6, 6.07) is 5.86. The van der Waals surface area contributed by atoms with Crippen LogP contribution in [-0.4, -0.2) is 46.2 Å². The first-order valence-electron chi connectivity index (χ1n) is 7.84. The van der Waals surface area contributed by atoms with Gasteiger partial charge in [-0.3, -0.25) is 4.98 Å². The Labute approximate surface area is 134 Å². The minimum Gasteiger partial charge on any atom is -0.437 e. The molecular formula is C17H20FN3O2. The Hall–Kier alpha value is -2.05. The molecule has 6 heteroatoms. The van der Waals surface area contributed by atoms with Gasteiger partial charge in [0.1, 0.15) is 17.3 Å². The van der Waals surface area contributed by atoms with E-state index in [0.717, 1.165) is 31.6 Å². The van der Waals surface area contributed by atoms with Crippen molar-refractivity contribution < 1.29 is 14.2 Å². The lowest BCUT2D eigenvalue weighted by Crippen LogP contribution is -2.36. The number of benzene rings is 1. The van der Waals surface area contributed by atoms with Crippen molar-refractivity contribution in [2.45, 2.75) is 18.8 Å². The molecule has 0 spiro atoms. The summed E-state index contributed by atoms with van der Waals surface area (Å²) < 4.78 is 18.8. The monoisotopic (exact) mass is 317 g/mol. The lowest BCUT2D eigenvalue weighted by Gasteiger charge is -2.32. The number of likely N-dealkylation sites (tertiary alicyclic amines) is 1. The van der Waals surface area contributed by atoms with E-state index in [0.29, 0.717) is 18.2 Å². The van der Waals surface area contributed by atoms with Crippen LogP contribution in [0.15, 0.2) is 36.7 Å². The summed E-state index contributed by atoms with van der Waals surface area (Å²) in [5, 5.41) is 9.12. The normalized spacial score (nSPS) is 18.8. The van der Waals surface area contributed by atoms with Gasteiger partial charge in [-0.05, 0) is 43.7 Å². The van der Waals surface area contributed by atoms with Gasteiger partial charge in [-0.15, -0.1) is 0 Å². The van der Waals surface area contributed by atoms with Crippen LogP contribution in [-0.2, 0) is 0 Å². The highest BCUT2D eigenvalue weighted by atomic mass is 19.1. The molecule has 0 bridgehead atoms. The van der Waals surface area contributed by atoms with E-state index < -0.39 is 0 Å². The molecule has 0 aliphatic carbocycles. The second kappa shape index (κ2) is 7.48. The SMILES string of the molecule is OCCN1CCC[C@H](c2nccnc2Oc2ccc(F)cc2)C1. The number of hydrogen-bond donors (Lipinski definition) is 1. The molecule has 1 saturated heterocycles. The highest BCUT2D eigenvalue weighted by molar-refractivity contribution is 5.31. The second-order valence-electron chi connectivity index (χ2n) is 5.67. The molecule has 3 rings (SSSR count). The summed E-state index contributed by atoms with van der Waals surface area (Å²) in [7, 11) is 0. The molecule has 1 aromatic heterocycles. The lowest BCUT2D eigenvalue weighted by atomic mass is 9.94. The highest BCUT2D eigenvalue weighted by Crippen LogP contribution is 2.32. The summed E-state index contributed by atoms with van der Waals surface area (Å²) in [5.41, 5.74) is 0.819. The molecular weight excluding hydrogens is 297 g/mol. The maximum Gasteiger partial charge on any atom is 0.241 e. The van der Waals surface area contributed by atoms with E-state index in [4.69, 9.17) is 9.84 Å². The number of hydrogen-bond acceptors (Lipinski definition) is 5. The third kappa shape index (κ3) is 4.03. The predicted molar refractivity (Wildman–Crippen MR) is 84.0 cm³/mol. The predicted octanol–water partition coefficient (Wildman–Crippen LogP) is 2.58. The number of piperidine rings is 1. The Morgan fingerprint density at radius 3 is 2.78 bits per heavy atom. The quantitative estimate of drug-likeness (QED) is 0.918. The number of β-amino-alcohol motifs (C(OH)–C–C–N with tert-alkyl or cyclic N) is 1. The summed E-state index contributed by atoms with van der Waals surface area (Å²) in [5.74, 6) is 0.925. The van der Waals surface area contributed by atoms with E-state index in [1.54, 1.807) is 24.5 Å². The first-order valence-corrected chi connectivity index (χ1v) is 7.84. The number of halogens is 1. The molecule has 122 valence electrons. The number of ether oxygens (including phenoxy) is 1. The molecule has 0 unspecified atom stereocenters. The van der Waals surface area contributed by atoms with Gasteiger partial charge < -0.3 is 14.7 Å². The molecule has 1 fully saturated rings. The lowest BCUT2D eigenvalue weighted by molar-refractivity contribution is 0.159. The fourth-order valence-electron chi connectivity index (χ4n) is 2.93. The number of rotatable bonds is 5. The molecule has 1 aliphatic rings. The summed E-state index contributed by atoms with van der Waals surface area (Å²) in [6.45, 7) is 2.65. The molecule has 23 heavy (non-hydrogen) atoms. The van der Waals surface area contributed by atoms with Crippen LogP contribution in [0.3, 0.4) is 0 Å². The van der Waals surface area contributed by atoms with Gasteiger partial charge in [-0.2, -0.15) is 0 Å². The Morgan fingerprint density at radius 1 is 1.22 bits per heavy atom. The molecule has 2 aromatic rings. The van der Waals surface area contributed by atoms with Crippen molar-refractivity contribution in [3.05, 3.63) is 48.2 Å². The van der Waals surface area contributed by atoms with Crippen LogP contribution in [0.4, 0.5) is 4.39 Å². The minimum atomic E-state index is -0.302. The second-order valence-corrected chi connectivity index (χ2v) is 5.67. The number of nitrogens with zero attached hydrogens (tertiary/aromatic N) is 3. The third-order valence-electron chi connectivity index (χ3n) is 4.03. The molecule has 1 aromatic carbocycles. The average Bonchev–Trinajstić information content (AvgIpc) is 2.58. The van der Waals surface area contributed by atoms with E-state index in [9.17, 15) is 4.39 Å².